The lowest BCUT2D eigenvalue weighted by Crippen LogP contribution is -2.58. The molecule has 1 spiro atoms. The quantitative estimate of drug-likeness (QED) is 0.228. The third kappa shape index (κ3) is 13.5. The van der Waals surface area contributed by atoms with Crippen LogP contribution in [-0.2, 0) is 25.7 Å². The summed E-state index contributed by atoms with van der Waals surface area (Å²) in [7, 11) is 0. The number of alkyl halides is 3. The number of nitrogens with zero attached hydrogens (tertiary/aromatic N) is 1. The van der Waals surface area contributed by atoms with E-state index in [2.05, 4.69) is 17.2 Å². The van der Waals surface area contributed by atoms with Crippen molar-refractivity contribution in [3.8, 4) is 0 Å². The molecule has 1 heterocycles. The van der Waals surface area contributed by atoms with Crippen LogP contribution in [0.3, 0.4) is 0 Å². The second-order valence-corrected chi connectivity index (χ2v) is 11.8. The number of carbonyl (C=O) groups is 3. The summed E-state index contributed by atoms with van der Waals surface area (Å²) < 4.78 is 41.6. The SMILES string of the molecule is C=C/C=C(\C=C/C)C(F)(F)F.CC.CCN(CC1=CC(=O)NC12CCCCC2)C(=O)C(COCc1ccccc1)NC(=O)C(C)(C)N. The molecule has 0 radical (unpaired) electrons. The first-order valence-corrected chi connectivity index (χ1v) is 16.2. The van der Waals surface area contributed by atoms with Crippen molar-refractivity contribution in [3.05, 3.63) is 84.0 Å². The lowest BCUT2D eigenvalue weighted by molar-refractivity contribution is -0.139. The molecule has 2 aliphatic rings. The highest BCUT2D eigenvalue weighted by molar-refractivity contribution is 5.94. The molecule has 1 aromatic rings. The van der Waals surface area contributed by atoms with Crippen LogP contribution in [0.1, 0.15) is 79.2 Å². The lowest BCUT2D eigenvalue weighted by atomic mass is 9.77. The number of halogens is 3. The standard InChI is InChI=1S/C26H38N4O4.C8H9F3.C2H6/c1-4-30(16-20-15-22(31)29-26(20)13-9-6-10-14-26)23(32)21(28-24(33)25(2,3)27)18-34-17-19-11-7-5-8-12-19;1-3-5-7(6-4-2)8(9,10)11;1-2/h5,7-8,11-12,15,21H,4,6,9-10,13-14,16-18,27H2,1-3H3,(H,28,33)(H,29,31);3-6H,1H2,2H3;1-2H3/b;6-4-,7-5+;. The smallest absolute Gasteiger partial charge is 0.374 e. The third-order valence-corrected chi connectivity index (χ3v) is 7.60. The molecule has 1 fully saturated rings. The van der Waals surface area contributed by atoms with Crippen LogP contribution in [0, 0.1) is 0 Å². The highest BCUT2D eigenvalue weighted by Crippen LogP contribution is 2.37. The van der Waals surface area contributed by atoms with E-state index in [-0.39, 0.29) is 24.0 Å². The number of allylic oxidation sites excluding steroid dienone is 5. The molecule has 11 heteroatoms. The largest absolute Gasteiger partial charge is 0.416 e. The van der Waals surface area contributed by atoms with E-state index in [4.69, 9.17) is 10.5 Å². The Morgan fingerprint density at radius 3 is 2.28 bits per heavy atom. The first-order valence-electron chi connectivity index (χ1n) is 16.2. The summed E-state index contributed by atoms with van der Waals surface area (Å²) in [6, 6.07) is 8.77. The lowest BCUT2D eigenvalue weighted by Gasteiger charge is -2.38. The van der Waals surface area contributed by atoms with Crippen molar-refractivity contribution in [2.45, 2.75) is 104 Å². The van der Waals surface area contributed by atoms with Crippen molar-refractivity contribution >= 4 is 17.7 Å². The van der Waals surface area contributed by atoms with Crippen molar-refractivity contribution in [1.82, 2.24) is 15.5 Å². The zero-order valence-electron chi connectivity index (χ0n) is 28.7. The maximum absolute atomic E-state index is 13.6. The summed E-state index contributed by atoms with van der Waals surface area (Å²) in [4.78, 5) is 40.1. The summed E-state index contributed by atoms with van der Waals surface area (Å²) in [6.45, 7) is 14.9. The van der Waals surface area contributed by atoms with E-state index in [1.165, 1.54) is 13.0 Å². The Balaban J connectivity index is 0.000000721. The van der Waals surface area contributed by atoms with E-state index in [9.17, 15) is 27.6 Å². The highest BCUT2D eigenvalue weighted by Gasteiger charge is 2.42. The molecule has 8 nitrogen and oxygen atoms in total. The van der Waals surface area contributed by atoms with Crippen molar-refractivity contribution in [3.63, 3.8) is 0 Å². The van der Waals surface area contributed by atoms with Gasteiger partial charge in [-0.25, -0.2) is 0 Å². The minimum Gasteiger partial charge on any atom is -0.374 e. The normalized spacial score (nSPS) is 16.6. The fourth-order valence-corrected chi connectivity index (χ4v) is 5.16. The van der Waals surface area contributed by atoms with Gasteiger partial charge < -0.3 is 26.0 Å². The van der Waals surface area contributed by atoms with Gasteiger partial charge in [0, 0.05) is 19.2 Å². The van der Waals surface area contributed by atoms with Gasteiger partial charge in [-0.2, -0.15) is 13.2 Å². The summed E-state index contributed by atoms with van der Waals surface area (Å²) in [6.07, 6.45) is 6.78. The molecule has 47 heavy (non-hydrogen) atoms. The zero-order valence-corrected chi connectivity index (χ0v) is 28.7. The number of hydrogen-bond donors (Lipinski definition) is 3. The van der Waals surface area contributed by atoms with Gasteiger partial charge in [-0.15, -0.1) is 0 Å². The molecule has 0 bridgehead atoms. The Bertz CT molecular complexity index is 1240. The minimum absolute atomic E-state index is 0.0212. The molecular weight excluding hydrogens is 609 g/mol. The average molecular weight is 663 g/mol. The third-order valence-electron chi connectivity index (χ3n) is 7.60. The van der Waals surface area contributed by atoms with E-state index in [1.54, 1.807) is 24.8 Å². The first-order chi connectivity index (χ1) is 22.2. The van der Waals surface area contributed by atoms with Gasteiger partial charge in [0.15, 0.2) is 0 Å². The molecule has 1 unspecified atom stereocenters. The molecule has 3 rings (SSSR count). The number of amides is 3. The Hall–Kier alpha value is -3.70. The molecule has 1 aromatic carbocycles. The van der Waals surface area contributed by atoms with Crippen LogP contribution in [0.25, 0.3) is 0 Å². The number of likely N-dealkylation sites (N-methyl/N-ethyl adjacent to an activating group) is 1. The maximum atomic E-state index is 13.6. The Morgan fingerprint density at radius 1 is 1.15 bits per heavy atom. The van der Waals surface area contributed by atoms with Crippen LogP contribution < -0.4 is 16.4 Å². The van der Waals surface area contributed by atoms with Gasteiger partial charge in [-0.1, -0.05) is 94.3 Å². The van der Waals surface area contributed by atoms with E-state index in [0.717, 1.165) is 61.5 Å². The Morgan fingerprint density at radius 2 is 1.77 bits per heavy atom. The molecule has 262 valence electrons. The van der Waals surface area contributed by atoms with Gasteiger partial charge >= 0.3 is 6.18 Å². The fourth-order valence-electron chi connectivity index (χ4n) is 5.16. The number of nitrogens with two attached hydrogens (primary N) is 1. The number of carbonyl (C=O) groups excluding carboxylic acids is 3. The molecule has 1 saturated carbocycles. The molecule has 3 amide bonds. The molecule has 1 aliphatic carbocycles. The second kappa shape index (κ2) is 19.8. The van der Waals surface area contributed by atoms with Crippen LogP contribution in [0.4, 0.5) is 13.2 Å². The topological polar surface area (TPSA) is 114 Å². The molecule has 0 aromatic heterocycles. The van der Waals surface area contributed by atoms with Crippen molar-refractivity contribution < 1.29 is 32.3 Å². The maximum Gasteiger partial charge on any atom is 0.416 e. The van der Waals surface area contributed by atoms with Crippen molar-refractivity contribution in [2.24, 2.45) is 5.73 Å². The predicted octanol–water partition coefficient (Wildman–Crippen LogP) is 6.30. The Kier molecular flexibility index (Phi) is 17.4. The molecule has 4 N–H and O–H groups in total. The van der Waals surface area contributed by atoms with E-state index in [0.29, 0.717) is 19.7 Å². The fraction of sp³-hybridized carbons (Fsp3) is 0.528. The highest BCUT2D eigenvalue weighted by atomic mass is 19.4. The van der Waals surface area contributed by atoms with Gasteiger partial charge in [0.1, 0.15) is 6.04 Å². The van der Waals surface area contributed by atoms with Gasteiger partial charge in [0.05, 0.1) is 29.9 Å². The minimum atomic E-state index is -4.28. The first kappa shape index (κ1) is 41.3. The van der Waals surface area contributed by atoms with Gasteiger partial charge in [0.2, 0.25) is 17.7 Å². The molecule has 1 aliphatic heterocycles. The summed E-state index contributed by atoms with van der Waals surface area (Å²) >= 11 is 0. The monoisotopic (exact) mass is 662 g/mol. The van der Waals surface area contributed by atoms with Gasteiger partial charge in [-0.3, -0.25) is 14.4 Å². The Labute approximate surface area is 278 Å². The van der Waals surface area contributed by atoms with Crippen molar-refractivity contribution in [1.29, 1.82) is 0 Å². The number of ether oxygens (including phenoxy) is 1. The van der Waals surface area contributed by atoms with Crippen LogP contribution >= 0.6 is 0 Å². The van der Waals surface area contributed by atoms with E-state index < -0.39 is 29.2 Å². The number of benzene rings is 1. The number of rotatable bonds is 12. The number of hydrogen-bond acceptors (Lipinski definition) is 5. The molecule has 1 atom stereocenters. The predicted molar refractivity (Wildman–Crippen MR) is 181 cm³/mol. The summed E-state index contributed by atoms with van der Waals surface area (Å²) in [5, 5.41) is 5.92. The number of nitrogens with one attached hydrogen (secondary N) is 2. The van der Waals surface area contributed by atoms with E-state index >= 15 is 0 Å². The molecule has 0 saturated heterocycles. The van der Waals surface area contributed by atoms with Gasteiger partial charge in [0.25, 0.3) is 0 Å². The summed E-state index contributed by atoms with van der Waals surface area (Å²) in [5.41, 5.74) is 5.71. The van der Waals surface area contributed by atoms with Crippen LogP contribution in [0.2, 0.25) is 0 Å². The van der Waals surface area contributed by atoms with Gasteiger partial charge in [-0.05, 0) is 51.7 Å². The second-order valence-electron chi connectivity index (χ2n) is 11.8. The van der Waals surface area contributed by atoms with Crippen LogP contribution in [0.5, 0.6) is 0 Å². The molecular formula is C36H53F3N4O4. The van der Waals surface area contributed by atoms with Crippen LogP contribution in [0.15, 0.2) is 78.4 Å². The summed E-state index contributed by atoms with van der Waals surface area (Å²) in [5.74, 6) is -0.772. The average Bonchev–Trinajstić information content (AvgIpc) is 3.32. The van der Waals surface area contributed by atoms with E-state index in [1.807, 2.05) is 51.1 Å². The van der Waals surface area contributed by atoms with Crippen LogP contribution in [-0.4, -0.2) is 65.6 Å². The zero-order chi connectivity index (χ0) is 35.7. The van der Waals surface area contributed by atoms with Crippen molar-refractivity contribution in [2.75, 3.05) is 19.7 Å².